The van der Waals surface area contributed by atoms with E-state index in [2.05, 4.69) is 79.4 Å². The fourth-order valence-corrected chi connectivity index (χ4v) is 4.36. The van der Waals surface area contributed by atoms with E-state index in [0.717, 1.165) is 5.75 Å². The Morgan fingerprint density at radius 3 is 1.55 bits per heavy atom. The van der Waals surface area contributed by atoms with Crippen LogP contribution in [0.25, 0.3) is 0 Å². The number of ether oxygens (including phenoxy) is 1. The van der Waals surface area contributed by atoms with Crippen molar-refractivity contribution in [1.29, 1.82) is 0 Å². The quantitative estimate of drug-likeness (QED) is 0.459. The van der Waals surface area contributed by atoms with Crippen LogP contribution >= 0.6 is 0 Å². The molecule has 0 aliphatic heterocycles. The van der Waals surface area contributed by atoms with Gasteiger partial charge in [0.05, 0.1) is 17.2 Å². The SMILES string of the molecule is C=COc1ccc([S+](c2ccccc2)c2ccccc2)cc1. The Bertz CT molecular complexity index is 681. The maximum atomic E-state index is 5.32. The standard InChI is InChI=1S/C20H17OS/c1-2-21-17-13-15-20(16-14-17)22(18-9-5-3-6-10-18)19-11-7-4-8-12-19/h2-16H,1H2/q+1. The van der Waals surface area contributed by atoms with E-state index in [1.165, 1.54) is 20.9 Å². The summed E-state index contributed by atoms with van der Waals surface area (Å²) in [6, 6.07) is 29.4. The lowest BCUT2D eigenvalue weighted by atomic mass is 10.3. The van der Waals surface area contributed by atoms with Gasteiger partial charge in [-0.2, -0.15) is 0 Å². The molecule has 0 atom stereocenters. The Labute approximate surface area is 134 Å². The van der Waals surface area contributed by atoms with Crippen molar-refractivity contribution in [2.24, 2.45) is 0 Å². The van der Waals surface area contributed by atoms with Crippen molar-refractivity contribution in [1.82, 2.24) is 0 Å². The fraction of sp³-hybridized carbons (Fsp3) is 0. The zero-order valence-electron chi connectivity index (χ0n) is 12.2. The summed E-state index contributed by atoms with van der Waals surface area (Å²) in [5.74, 6) is 0.809. The molecule has 2 heteroatoms. The molecule has 0 fully saturated rings. The van der Waals surface area contributed by atoms with Gasteiger partial charge >= 0.3 is 0 Å². The number of hydrogen-bond acceptors (Lipinski definition) is 1. The van der Waals surface area contributed by atoms with Gasteiger partial charge in [0.2, 0.25) is 0 Å². The van der Waals surface area contributed by atoms with Crippen LogP contribution in [-0.2, 0) is 10.9 Å². The highest BCUT2D eigenvalue weighted by atomic mass is 32.2. The third-order valence-electron chi connectivity index (χ3n) is 3.24. The van der Waals surface area contributed by atoms with Gasteiger partial charge in [-0.25, -0.2) is 0 Å². The first-order chi connectivity index (χ1) is 10.9. The first-order valence-electron chi connectivity index (χ1n) is 7.10. The van der Waals surface area contributed by atoms with E-state index in [9.17, 15) is 0 Å². The van der Waals surface area contributed by atoms with Crippen LogP contribution in [0.3, 0.4) is 0 Å². The van der Waals surface area contributed by atoms with Gasteiger partial charge in [0.1, 0.15) is 5.75 Å². The van der Waals surface area contributed by atoms with Gasteiger partial charge in [-0.05, 0) is 48.5 Å². The third kappa shape index (κ3) is 3.23. The van der Waals surface area contributed by atoms with E-state index in [-0.39, 0.29) is 10.9 Å². The zero-order valence-corrected chi connectivity index (χ0v) is 13.0. The third-order valence-corrected chi connectivity index (χ3v) is 5.47. The summed E-state index contributed by atoms with van der Waals surface area (Å²) in [5, 5.41) is 0. The largest absolute Gasteiger partial charge is 0.466 e. The summed E-state index contributed by atoms with van der Waals surface area (Å²) >= 11 is 0. The van der Waals surface area contributed by atoms with Gasteiger partial charge < -0.3 is 4.74 Å². The Balaban J connectivity index is 2.04. The molecule has 0 saturated heterocycles. The second-order valence-electron chi connectivity index (χ2n) is 4.69. The molecule has 0 N–H and O–H groups in total. The molecule has 0 aromatic heterocycles. The van der Waals surface area contributed by atoms with Crippen molar-refractivity contribution in [2.45, 2.75) is 14.7 Å². The number of rotatable bonds is 5. The Hall–Kier alpha value is -2.45. The molecule has 0 amide bonds. The topological polar surface area (TPSA) is 9.23 Å². The highest BCUT2D eigenvalue weighted by Gasteiger charge is 2.27. The normalized spacial score (nSPS) is 10.4. The van der Waals surface area contributed by atoms with Crippen molar-refractivity contribution < 1.29 is 4.74 Å². The van der Waals surface area contributed by atoms with E-state index in [0.29, 0.717) is 0 Å². The molecule has 0 bridgehead atoms. The van der Waals surface area contributed by atoms with Crippen molar-refractivity contribution in [3.63, 3.8) is 0 Å². The van der Waals surface area contributed by atoms with Gasteiger partial charge in [-0.15, -0.1) is 0 Å². The van der Waals surface area contributed by atoms with Crippen LogP contribution in [0, 0.1) is 0 Å². The Kier molecular flexibility index (Phi) is 4.62. The van der Waals surface area contributed by atoms with E-state index < -0.39 is 0 Å². The average molecular weight is 305 g/mol. The molecule has 0 spiro atoms. The predicted octanol–water partition coefficient (Wildman–Crippen LogP) is 5.30. The van der Waals surface area contributed by atoms with Gasteiger partial charge in [0.25, 0.3) is 0 Å². The van der Waals surface area contributed by atoms with Crippen LogP contribution in [0.1, 0.15) is 0 Å². The summed E-state index contributed by atoms with van der Waals surface area (Å²) < 4.78 is 5.32. The molecular weight excluding hydrogens is 288 g/mol. The first-order valence-corrected chi connectivity index (χ1v) is 8.33. The maximum absolute atomic E-state index is 5.32. The summed E-state index contributed by atoms with van der Waals surface area (Å²) in [4.78, 5) is 3.89. The predicted molar refractivity (Wildman–Crippen MR) is 92.3 cm³/mol. The molecule has 108 valence electrons. The molecule has 3 aromatic rings. The van der Waals surface area contributed by atoms with Crippen LogP contribution in [0.15, 0.2) is 112 Å². The van der Waals surface area contributed by atoms with Crippen molar-refractivity contribution in [3.8, 4) is 5.75 Å². The zero-order chi connectivity index (χ0) is 15.2. The fourth-order valence-electron chi connectivity index (χ4n) is 2.27. The minimum Gasteiger partial charge on any atom is -0.466 e. The van der Waals surface area contributed by atoms with Crippen LogP contribution in [0.2, 0.25) is 0 Å². The molecule has 1 nitrogen and oxygen atoms in total. The van der Waals surface area contributed by atoms with Crippen LogP contribution in [0.5, 0.6) is 5.75 Å². The average Bonchev–Trinajstić information content (AvgIpc) is 2.59. The molecule has 0 unspecified atom stereocenters. The monoisotopic (exact) mass is 305 g/mol. The second-order valence-corrected chi connectivity index (χ2v) is 6.71. The molecule has 22 heavy (non-hydrogen) atoms. The van der Waals surface area contributed by atoms with Crippen LogP contribution in [0.4, 0.5) is 0 Å². The van der Waals surface area contributed by atoms with Gasteiger partial charge in [-0.1, -0.05) is 43.0 Å². The van der Waals surface area contributed by atoms with E-state index in [1.807, 2.05) is 12.1 Å². The van der Waals surface area contributed by atoms with E-state index in [1.54, 1.807) is 0 Å². The number of hydrogen-bond donors (Lipinski definition) is 0. The van der Waals surface area contributed by atoms with Crippen LogP contribution < -0.4 is 4.74 Å². The lowest BCUT2D eigenvalue weighted by Gasteiger charge is -2.08. The van der Waals surface area contributed by atoms with Gasteiger partial charge in [0.15, 0.2) is 14.7 Å². The van der Waals surface area contributed by atoms with Crippen LogP contribution in [-0.4, -0.2) is 0 Å². The highest BCUT2D eigenvalue weighted by Crippen LogP contribution is 2.31. The van der Waals surface area contributed by atoms with Gasteiger partial charge in [-0.3, -0.25) is 0 Å². The molecule has 0 aliphatic rings. The highest BCUT2D eigenvalue weighted by molar-refractivity contribution is 7.97. The van der Waals surface area contributed by atoms with Crippen molar-refractivity contribution in [3.05, 3.63) is 97.8 Å². The molecule has 0 saturated carbocycles. The molecule has 3 aromatic carbocycles. The minimum atomic E-state index is -0.108. The molecule has 0 heterocycles. The summed E-state index contributed by atoms with van der Waals surface area (Å²) in [6.07, 6.45) is 1.45. The van der Waals surface area contributed by atoms with E-state index >= 15 is 0 Å². The molecule has 0 aliphatic carbocycles. The van der Waals surface area contributed by atoms with E-state index in [4.69, 9.17) is 4.74 Å². The Morgan fingerprint density at radius 2 is 1.09 bits per heavy atom. The smallest absolute Gasteiger partial charge is 0.166 e. The molecular formula is C20H17OS+. The summed E-state index contributed by atoms with van der Waals surface area (Å²) in [5.41, 5.74) is 0. The van der Waals surface area contributed by atoms with Gasteiger partial charge in [0, 0.05) is 0 Å². The molecule has 0 radical (unpaired) electrons. The lowest BCUT2D eigenvalue weighted by Crippen LogP contribution is -2.04. The van der Waals surface area contributed by atoms with Crippen molar-refractivity contribution in [2.75, 3.05) is 0 Å². The minimum absolute atomic E-state index is 0.108. The summed E-state index contributed by atoms with van der Waals surface area (Å²) in [6.45, 7) is 3.59. The molecule has 3 rings (SSSR count). The Morgan fingerprint density at radius 1 is 0.636 bits per heavy atom. The first kappa shape index (κ1) is 14.5. The second kappa shape index (κ2) is 7.01. The maximum Gasteiger partial charge on any atom is 0.166 e. The van der Waals surface area contributed by atoms with Crippen molar-refractivity contribution >= 4 is 10.9 Å². The number of benzene rings is 3. The summed E-state index contributed by atoms with van der Waals surface area (Å²) in [7, 11) is -0.108. The lowest BCUT2D eigenvalue weighted by molar-refractivity contribution is 0.483.